The molecule has 0 unspecified atom stereocenters. The van der Waals surface area contributed by atoms with Crippen molar-refractivity contribution in [2.75, 3.05) is 25.6 Å². The first-order chi connectivity index (χ1) is 15.1. The van der Waals surface area contributed by atoms with Crippen LogP contribution in [-0.2, 0) is 4.74 Å². The number of ether oxygens (including phenoxy) is 3. The van der Waals surface area contributed by atoms with E-state index >= 15 is 0 Å². The standard InChI is InChI=1S/C22H29N3O6S/c1-22(2,3)31-21(26)25-8-6-15(7-9-25)13-29-17-11-23-20(24-12-17)16-4-5-19-18(10-16)30-14-32(19,27)28/h4-5,10-12,15,27-28H,6-9,13-14H2,1-3H3. The number of amides is 1. The van der Waals surface area contributed by atoms with Crippen molar-refractivity contribution >= 4 is 16.7 Å². The van der Waals surface area contributed by atoms with Crippen molar-refractivity contribution in [2.45, 2.75) is 44.1 Å². The maximum Gasteiger partial charge on any atom is 0.410 e. The van der Waals surface area contributed by atoms with Crippen molar-refractivity contribution < 1.29 is 28.1 Å². The van der Waals surface area contributed by atoms with Crippen molar-refractivity contribution in [3.8, 4) is 22.9 Å². The molecule has 2 N–H and O–H groups in total. The Morgan fingerprint density at radius 2 is 1.91 bits per heavy atom. The van der Waals surface area contributed by atoms with Gasteiger partial charge >= 0.3 is 6.09 Å². The van der Waals surface area contributed by atoms with Gasteiger partial charge in [-0.3, -0.25) is 9.11 Å². The molecule has 4 rings (SSSR count). The molecule has 1 saturated heterocycles. The minimum atomic E-state index is -2.86. The lowest BCUT2D eigenvalue weighted by molar-refractivity contribution is 0.0165. The first-order valence-electron chi connectivity index (χ1n) is 10.6. The molecule has 0 aliphatic carbocycles. The molecular formula is C22H29N3O6S. The summed E-state index contributed by atoms with van der Waals surface area (Å²) in [5.74, 6) is 1.76. The lowest BCUT2D eigenvalue weighted by Gasteiger charge is -2.33. The van der Waals surface area contributed by atoms with E-state index in [0.717, 1.165) is 18.4 Å². The molecule has 1 aromatic heterocycles. The van der Waals surface area contributed by atoms with Gasteiger partial charge in [0.25, 0.3) is 0 Å². The summed E-state index contributed by atoms with van der Waals surface area (Å²) < 4.78 is 36.6. The van der Waals surface area contributed by atoms with Crippen molar-refractivity contribution in [3.05, 3.63) is 30.6 Å². The molecule has 0 saturated carbocycles. The van der Waals surface area contributed by atoms with Gasteiger partial charge in [0.05, 0.1) is 19.0 Å². The molecule has 2 aliphatic heterocycles. The lowest BCUT2D eigenvalue weighted by atomic mass is 9.98. The first kappa shape index (κ1) is 22.6. The zero-order valence-electron chi connectivity index (χ0n) is 18.5. The molecule has 1 aromatic carbocycles. The van der Waals surface area contributed by atoms with Gasteiger partial charge in [-0.15, -0.1) is 10.6 Å². The highest BCUT2D eigenvalue weighted by Crippen LogP contribution is 2.57. The SMILES string of the molecule is CC(C)(C)OC(=O)N1CCC(COc2cnc(-c3ccc4c(c3)OCS4(O)O)nc2)CC1. The summed E-state index contributed by atoms with van der Waals surface area (Å²) >= 11 is 0. The molecule has 0 radical (unpaired) electrons. The van der Waals surface area contributed by atoms with Crippen LogP contribution in [0.1, 0.15) is 33.6 Å². The average molecular weight is 464 g/mol. The van der Waals surface area contributed by atoms with Gasteiger partial charge in [0.2, 0.25) is 0 Å². The van der Waals surface area contributed by atoms with Crippen LogP contribution in [0.15, 0.2) is 35.5 Å². The Morgan fingerprint density at radius 1 is 1.22 bits per heavy atom. The number of nitrogens with zero attached hydrogens (tertiary/aromatic N) is 3. The summed E-state index contributed by atoms with van der Waals surface area (Å²) in [5.41, 5.74) is 0.237. The van der Waals surface area contributed by atoms with Crippen molar-refractivity contribution in [1.29, 1.82) is 0 Å². The van der Waals surface area contributed by atoms with Crippen LogP contribution >= 0.6 is 10.6 Å². The van der Waals surface area contributed by atoms with Gasteiger partial charge in [-0.05, 0) is 57.7 Å². The zero-order chi connectivity index (χ0) is 22.9. The van der Waals surface area contributed by atoms with Crippen LogP contribution in [-0.4, -0.2) is 61.3 Å². The fourth-order valence-corrected chi connectivity index (χ4v) is 4.75. The van der Waals surface area contributed by atoms with E-state index < -0.39 is 16.2 Å². The topological polar surface area (TPSA) is 114 Å². The minimum Gasteiger partial charge on any atom is -0.490 e. The number of likely N-dealkylation sites (tertiary alicyclic amines) is 1. The highest BCUT2D eigenvalue weighted by atomic mass is 32.3. The van der Waals surface area contributed by atoms with E-state index in [1.165, 1.54) is 0 Å². The Balaban J connectivity index is 1.28. The van der Waals surface area contributed by atoms with Gasteiger partial charge in [-0.25, -0.2) is 14.8 Å². The number of rotatable bonds is 4. The number of carbonyl (C=O) groups is 1. The van der Waals surface area contributed by atoms with Crippen LogP contribution in [0.3, 0.4) is 0 Å². The van der Waals surface area contributed by atoms with Crippen molar-refractivity contribution in [2.24, 2.45) is 5.92 Å². The van der Waals surface area contributed by atoms with Gasteiger partial charge in [-0.1, -0.05) is 0 Å². The fraction of sp³-hybridized carbons (Fsp3) is 0.500. The Morgan fingerprint density at radius 3 is 2.56 bits per heavy atom. The molecule has 0 atom stereocenters. The van der Waals surface area contributed by atoms with Crippen LogP contribution in [0.25, 0.3) is 11.4 Å². The molecule has 0 bridgehead atoms. The molecule has 174 valence electrons. The summed E-state index contributed by atoms with van der Waals surface area (Å²) in [5, 5.41) is 0. The molecular weight excluding hydrogens is 434 g/mol. The van der Waals surface area contributed by atoms with E-state index in [4.69, 9.17) is 14.2 Å². The number of benzene rings is 1. The maximum atomic E-state index is 12.2. The molecule has 9 nitrogen and oxygen atoms in total. The van der Waals surface area contributed by atoms with E-state index in [-0.39, 0.29) is 12.0 Å². The van der Waals surface area contributed by atoms with Crippen LogP contribution in [0.5, 0.6) is 11.5 Å². The highest BCUT2D eigenvalue weighted by molar-refractivity contribution is 8.24. The Hall–Kier alpha value is -2.56. The number of aromatic nitrogens is 2. The number of hydrogen-bond acceptors (Lipinski definition) is 8. The summed E-state index contributed by atoms with van der Waals surface area (Å²) in [4.78, 5) is 23.1. The molecule has 10 heteroatoms. The van der Waals surface area contributed by atoms with Crippen LogP contribution in [0.2, 0.25) is 0 Å². The second-order valence-electron chi connectivity index (χ2n) is 9.05. The maximum absolute atomic E-state index is 12.2. The van der Waals surface area contributed by atoms with E-state index in [1.807, 2.05) is 20.8 Å². The van der Waals surface area contributed by atoms with Crippen LogP contribution in [0.4, 0.5) is 4.79 Å². The third-order valence-electron chi connectivity index (χ3n) is 5.31. The number of carbonyl (C=O) groups excluding carboxylic acids is 1. The summed E-state index contributed by atoms with van der Waals surface area (Å²) in [6, 6.07) is 5.10. The van der Waals surface area contributed by atoms with Crippen LogP contribution in [0, 0.1) is 5.92 Å². The highest BCUT2D eigenvalue weighted by Gasteiger charge is 2.29. The molecule has 0 spiro atoms. The monoisotopic (exact) mass is 463 g/mol. The van der Waals surface area contributed by atoms with E-state index in [1.54, 1.807) is 35.5 Å². The summed E-state index contributed by atoms with van der Waals surface area (Å²) in [7, 11) is -2.86. The summed E-state index contributed by atoms with van der Waals surface area (Å²) in [6.45, 7) is 7.45. The van der Waals surface area contributed by atoms with Crippen LogP contribution < -0.4 is 9.47 Å². The Bertz CT molecular complexity index is 969. The lowest BCUT2D eigenvalue weighted by Crippen LogP contribution is -2.42. The number of piperidine rings is 1. The third kappa shape index (κ3) is 5.25. The Kier molecular flexibility index (Phi) is 6.19. The van der Waals surface area contributed by atoms with Crippen molar-refractivity contribution in [1.82, 2.24) is 14.9 Å². The molecule has 1 fully saturated rings. The zero-order valence-corrected chi connectivity index (χ0v) is 19.3. The molecule has 32 heavy (non-hydrogen) atoms. The smallest absolute Gasteiger partial charge is 0.410 e. The molecule has 3 heterocycles. The van der Waals surface area contributed by atoms with Gasteiger partial charge < -0.3 is 19.1 Å². The largest absolute Gasteiger partial charge is 0.490 e. The molecule has 2 aliphatic rings. The second-order valence-corrected chi connectivity index (χ2v) is 11.1. The predicted octanol–water partition coefficient (Wildman–Crippen LogP) is 4.63. The summed E-state index contributed by atoms with van der Waals surface area (Å²) in [6.07, 6.45) is 4.70. The normalized spacial score (nSPS) is 19.1. The second kappa shape index (κ2) is 8.76. The van der Waals surface area contributed by atoms with Gasteiger partial charge in [-0.2, -0.15) is 0 Å². The van der Waals surface area contributed by atoms with E-state index in [0.29, 0.717) is 47.8 Å². The molecule has 1 amide bonds. The van der Waals surface area contributed by atoms with E-state index in [9.17, 15) is 13.9 Å². The number of hydrogen-bond donors (Lipinski definition) is 2. The fourth-order valence-electron chi connectivity index (χ4n) is 3.60. The molecule has 2 aromatic rings. The van der Waals surface area contributed by atoms with E-state index in [2.05, 4.69) is 9.97 Å². The quantitative estimate of drug-likeness (QED) is 0.675. The Labute approximate surface area is 189 Å². The average Bonchev–Trinajstić information content (AvgIpc) is 3.06. The van der Waals surface area contributed by atoms with Crippen molar-refractivity contribution in [3.63, 3.8) is 0 Å². The van der Waals surface area contributed by atoms with Gasteiger partial charge in [0.15, 0.2) is 17.5 Å². The predicted molar refractivity (Wildman–Crippen MR) is 120 cm³/mol. The number of fused-ring (bicyclic) bond motifs is 1. The minimum absolute atomic E-state index is 0.115. The first-order valence-corrected chi connectivity index (χ1v) is 12.3. The third-order valence-corrected chi connectivity index (χ3v) is 6.80. The van der Waals surface area contributed by atoms with Gasteiger partial charge in [0.1, 0.15) is 16.2 Å². The van der Waals surface area contributed by atoms with Gasteiger partial charge in [0, 0.05) is 18.7 Å².